The SMILES string of the molecule is CC(C)N1CCC(N(C)C(=O)CC2CCCNC2)CC1. The van der Waals surface area contributed by atoms with Crippen LogP contribution in [0.25, 0.3) is 0 Å². The fourth-order valence-corrected chi connectivity index (χ4v) is 3.48. The second-order valence-corrected chi connectivity index (χ2v) is 6.78. The third-order valence-electron chi connectivity index (χ3n) is 5.03. The van der Waals surface area contributed by atoms with Gasteiger partial charge < -0.3 is 15.1 Å². The molecule has 0 aromatic rings. The molecule has 2 fully saturated rings. The maximum atomic E-state index is 12.4. The monoisotopic (exact) mass is 281 g/mol. The van der Waals surface area contributed by atoms with Crippen molar-refractivity contribution >= 4 is 5.91 Å². The molecule has 1 atom stereocenters. The zero-order valence-corrected chi connectivity index (χ0v) is 13.4. The highest BCUT2D eigenvalue weighted by atomic mass is 16.2. The number of carbonyl (C=O) groups is 1. The van der Waals surface area contributed by atoms with Crippen LogP contribution in [0, 0.1) is 5.92 Å². The zero-order valence-electron chi connectivity index (χ0n) is 13.4. The van der Waals surface area contributed by atoms with E-state index in [2.05, 4.69) is 24.1 Å². The third-order valence-corrected chi connectivity index (χ3v) is 5.03. The lowest BCUT2D eigenvalue weighted by Gasteiger charge is -2.39. The Bertz CT molecular complexity index is 305. The summed E-state index contributed by atoms with van der Waals surface area (Å²) >= 11 is 0. The normalized spacial score (nSPS) is 25.9. The molecule has 2 heterocycles. The molecule has 20 heavy (non-hydrogen) atoms. The van der Waals surface area contributed by atoms with Crippen LogP contribution in [0.15, 0.2) is 0 Å². The van der Waals surface area contributed by atoms with Crippen molar-refractivity contribution in [3.63, 3.8) is 0 Å². The first-order chi connectivity index (χ1) is 9.58. The number of nitrogens with zero attached hydrogens (tertiary/aromatic N) is 2. The van der Waals surface area contributed by atoms with Crippen LogP contribution in [0.1, 0.15) is 46.0 Å². The fourth-order valence-electron chi connectivity index (χ4n) is 3.48. The van der Waals surface area contributed by atoms with Crippen LogP contribution in [0.2, 0.25) is 0 Å². The Morgan fingerprint density at radius 2 is 2.00 bits per heavy atom. The quantitative estimate of drug-likeness (QED) is 0.852. The van der Waals surface area contributed by atoms with Crippen LogP contribution in [0.4, 0.5) is 0 Å². The van der Waals surface area contributed by atoms with E-state index in [9.17, 15) is 4.79 Å². The molecule has 1 amide bonds. The van der Waals surface area contributed by atoms with Gasteiger partial charge in [-0.15, -0.1) is 0 Å². The summed E-state index contributed by atoms with van der Waals surface area (Å²) in [5.74, 6) is 0.899. The van der Waals surface area contributed by atoms with Crippen LogP contribution >= 0.6 is 0 Å². The summed E-state index contributed by atoms with van der Waals surface area (Å²) in [5.41, 5.74) is 0. The van der Waals surface area contributed by atoms with Crippen LogP contribution in [-0.2, 0) is 4.79 Å². The molecule has 1 N–H and O–H groups in total. The second-order valence-electron chi connectivity index (χ2n) is 6.78. The summed E-state index contributed by atoms with van der Waals surface area (Å²) in [4.78, 5) is 17.0. The van der Waals surface area contributed by atoms with E-state index < -0.39 is 0 Å². The summed E-state index contributed by atoms with van der Waals surface area (Å²) in [7, 11) is 2.01. The van der Waals surface area contributed by atoms with Gasteiger partial charge in [-0.1, -0.05) is 0 Å². The average Bonchev–Trinajstić information content (AvgIpc) is 2.47. The molecule has 2 aliphatic heterocycles. The maximum absolute atomic E-state index is 12.4. The van der Waals surface area contributed by atoms with Gasteiger partial charge >= 0.3 is 0 Å². The number of piperidine rings is 2. The Kier molecular flexibility index (Phi) is 5.85. The molecule has 0 aliphatic carbocycles. The number of carbonyl (C=O) groups excluding carboxylic acids is 1. The van der Waals surface area contributed by atoms with Gasteiger partial charge in [-0.2, -0.15) is 0 Å². The summed E-state index contributed by atoms with van der Waals surface area (Å²) in [6.45, 7) is 8.91. The topological polar surface area (TPSA) is 35.6 Å². The first kappa shape index (κ1) is 15.8. The largest absolute Gasteiger partial charge is 0.343 e. The van der Waals surface area contributed by atoms with Gasteiger partial charge in [0.25, 0.3) is 0 Å². The van der Waals surface area contributed by atoms with Gasteiger partial charge in [-0.25, -0.2) is 0 Å². The first-order valence-corrected chi connectivity index (χ1v) is 8.28. The number of amides is 1. The molecule has 0 radical (unpaired) electrons. The average molecular weight is 281 g/mol. The Balaban J connectivity index is 1.76. The molecule has 2 aliphatic rings. The van der Waals surface area contributed by atoms with Crippen molar-refractivity contribution < 1.29 is 4.79 Å². The van der Waals surface area contributed by atoms with E-state index >= 15 is 0 Å². The van der Waals surface area contributed by atoms with Crippen LogP contribution < -0.4 is 5.32 Å². The standard InChI is InChI=1S/C16H31N3O/c1-13(2)19-9-6-15(7-10-19)18(3)16(20)11-14-5-4-8-17-12-14/h13-15,17H,4-12H2,1-3H3. The van der Waals surface area contributed by atoms with Gasteiger partial charge in [0.15, 0.2) is 0 Å². The Hall–Kier alpha value is -0.610. The summed E-state index contributed by atoms with van der Waals surface area (Å²) < 4.78 is 0. The molecule has 116 valence electrons. The van der Waals surface area contributed by atoms with E-state index in [1.54, 1.807) is 0 Å². The number of likely N-dealkylation sites (tertiary alicyclic amines) is 1. The number of rotatable bonds is 4. The summed E-state index contributed by atoms with van der Waals surface area (Å²) in [5, 5.41) is 3.40. The molecule has 0 aromatic carbocycles. The number of nitrogens with one attached hydrogen (secondary N) is 1. The van der Waals surface area contributed by atoms with Crippen molar-refractivity contribution in [1.82, 2.24) is 15.1 Å². The van der Waals surface area contributed by atoms with Crippen molar-refractivity contribution in [3.05, 3.63) is 0 Å². The van der Waals surface area contributed by atoms with Gasteiger partial charge in [0.2, 0.25) is 5.91 Å². The summed E-state index contributed by atoms with van der Waals surface area (Å²) in [6.07, 6.45) is 5.41. The minimum absolute atomic E-state index is 0.349. The lowest BCUT2D eigenvalue weighted by Crippen LogP contribution is -2.48. The lowest BCUT2D eigenvalue weighted by atomic mass is 9.94. The molecule has 0 saturated carbocycles. The Labute approximate surface area is 123 Å². The smallest absolute Gasteiger partial charge is 0.222 e. The Morgan fingerprint density at radius 3 is 2.55 bits per heavy atom. The minimum Gasteiger partial charge on any atom is -0.343 e. The molecular weight excluding hydrogens is 250 g/mol. The third kappa shape index (κ3) is 4.19. The van der Waals surface area contributed by atoms with E-state index in [0.29, 0.717) is 23.9 Å². The van der Waals surface area contributed by atoms with Gasteiger partial charge in [0.05, 0.1) is 0 Å². The first-order valence-electron chi connectivity index (χ1n) is 8.28. The van der Waals surface area contributed by atoms with Crippen LogP contribution in [0.3, 0.4) is 0 Å². The van der Waals surface area contributed by atoms with Crippen molar-refractivity contribution in [2.75, 3.05) is 33.2 Å². The van der Waals surface area contributed by atoms with E-state index in [-0.39, 0.29) is 0 Å². The number of hydrogen-bond donors (Lipinski definition) is 1. The van der Waals surface area contributed by atoms with E-state index in [4.69, 9.17) is 0 Å². The molecule has 1 unspecified atom stereocenters. The maximum Gasteiger partial charge on any atom is 0.222 e. The van der Waals surface area contributed by atoms with Crippen LogP contribution in [-0.4, -0.2) is 61.0 Å². The van der Waals surface area contributed by atoms with Gasteiger partial charge in [0.1, 0.15) is 0 Å². The van der Waals surface area contributed by atoms with Crippen LogP contribution in [0.5, 0.6) is 0 Å². The molecular formula is C16H31N3O. The highest BCUT2D eigenvalue weighted by Gasteiger charge is 2.27. The molecule has 2 saturated heterocycles. The molecule has 0 aromatic heterocycles. The molecule has 4 heteroatoms. The van der Waals surface area contributed by atoms with Gasteiger partial charge in [0, 0.05) is 38.6 Å². The Morgan fingerprint density at radius 1 is 1.30 bits per heavy atom. The second kappa shape index (κ2) is 7.41. The number of hydrogen-bond acceptors (Lipinski definition) is 3. The van der Waals surface area contributed by atoms with Crippen molar-refractivity contribution in [3.8, 4) is 0 Å². The highest BCUT2D eigenvalue weighted by Crippen LogP contribution is 2.20. The predicted molar refractivity (Wildman–Crippen MR) is 82.7 cm³/mol. The molecule has 0 bridgehead atoms. The van der Waals surface area contributed by atoms with Crippen molar-refractivity contribution in [2.45, 2.75) is 58.0 Å². The van der Waals surface area contributed by atoms with E-state index in [1.165, 1.54) is 12.8 Å². The molecule has 0 spiro atoms. The molecule has 2 rings (SSSR count). The van der Waals surface area contributed by atoms with E-state index in [1.807, 2.05) is 11.9 Å². The minimum atomic E-state index is 0.349. The highest BCUT2D eigenvalue weighted by molar-refractivity contribution is 5.76. The summed E-state index contributed by atoms with van der Waals surface area (Å²) in [6, 6.07) is 1.08. The predicted octanol–water partition coefficient (Wildman–Crippen LogP) is 1.71. The van der Waals surface area contributed by atoms with E-state index in [0.717, 1.165) is 45.4 Å². The zero-order chi connectivity index (χ0) is 14.5. The lowest BCUT2D eigenvalue weighted by molar-refractivity contribution is -0.134. The van der Waals surface area contributed by atoms with Gasteiger partial charge in [-0.05, 0) is 58.5 Å². The van der Waals surface area contributed by atoms with Crippen molar-refractivity contribution in [2.24, 2.45) is 5.92 Å². The van der Waals surface area contributed by atoms with Crippen molar-refractivity contribution in [1.29, 1.82) is 0 Å². The molecule has 4 nitrogen and oxygen atoms in total. The van der Waals surface area contributed by atoms with Gasteiger partial charge in [-0.3, -0.25) is 4.79 Å². The fraction of sp³-hybridized carbons (Fsp3) is 0.938.